The molecule has 2 fully saturated rings. The normalized spacial score (nSPS) is 21.4. The van der Waals surface area contributed by atoms with Crippen molar-refractivity contribution < 1.29 is 14.0 Å². The summed E-state index contributed by atoms with van der Waals surface area (Å²) in [6.07, 6.45) is 0.601. The van der Waals surface area contributed by atoms with E-state index in [1.54, 1.807) is 12.1 Å². The Morgan fingerprint density at radius 3 is 2.36 bits per heavy atom. The number of benzene rings is 2. The van der Waals surface area contributed by atoms with E-state index < -0.39 is 0 Å². The average molecular weight is 381 g/mol. The minimum absolute atomic E-state index is 0.0399. The van der Waals surface area contributed by atoms with Crippen molar-refractivity contribution in [3.63, 3.8) is 0 Å². The van der Waals surface area contributed by atoms with Gasteiger partial charge in [0, 0.05) is 31.9 Å². The third kappa shape index (κ3) is 3.72. The van der Waals surface area contributed by atoms with Crippen LogP contribution in [0.15, 0.2) is 48.5 Å². The number of halogens is 1. The summed E-state index contributed by atoms with van der Waals surface area (Å²) in [6, 6.07) is 14.3. The van der Waals surface area contributed by atoms with Gasteiger partial charge in [0.25, 0.3) is 0 Å². The molecule has 2 aromatic carbocycles. The fourth-order valence-electron chi connectivity index (χ4n) is 3.81. The lowest BCUT2D eigenvalue weighted by Crippen LogP contribution is -2.49. The van der Waals surface area contributed by atoms with Gasteiger partial charge in [-0.3, -0.25) is 9.59 Å². The summed E-state index contributed by atoms with van der Waals surface area (Å²) in [7, 11) is 0. The van der Waals surface area contributed by atoms with Crippen molar-refractivity contribution >= 4 is 23.2 Å². The molecule has 1 aliphatic carbocycles. The fraction of sp³-hybridized carbons (Fsp3) is 0.364. The SMILES string of the molecule is Cc1ccccc1NC(=O)C1CC1C(=O)N1CCN(c2ccccc2F)CC1. The van der Waals surface area contributed by atoms with E-state index in [1.165, 1.54) is 6.07 Å². The standard InChI is InChI=1S/C22H24FN3O2/c1-15-6-2-4-8-19(15)24-21(27)16-14-17(16)22(28)26-12-10-25(11-13-26)20-9-5-3-7-18(20)23/h2-9,16-17H,10-14H2,1H3,(H,24,27). The van der Waals surface area contributed by atoms with Crippen molar-refractivity contribution in [3.8, 4) is 0 Å². The Labute approximate surface area is 164 Å². The van der Waals surface area contributed by atoms with Gasteiger partial charge in [0.15, 0.2) is 0 Å². The van der Waals surface area contributed by atoms with E-state index in [-0.39, 0.29) is 29.5 Å². The summed E-state index contributed by atoms with van der Waals surface area (Å²) in [5, 5.41) is 2.94. The second-order valence-corrected chi connectivity index (χ2v) is 7.52. The number of aryl methyl sites for hydroxylation is 1. The molecule has 1 saturated heterocycles. The molecule has 4 rings (SSSR count). The van der Waals surface area contributed by atoms with Crippen LogP contribution < -0.4 is 10.2 Å². The molecule has 0 radical (unpaired) electrons. The Morgan fingerprint density at radius 1 is 0.964 bits per heavy atom. The molecule has 28 heavy (non-hydrogen) atoms. The van der Waals surface area contributed by atoms with Crippen molar-refractivity contribution in [2.24, 2.45) is 11.8 Å². The van der Waals surface area contributed by atoms with E-state index >= 15 is 0 Å². The van der Waals surface area contributed by atoms with E-state index in [2.05, 4.69) is 5.32 Å². The molecule has 2 aliphatic rings. The molecule has 1 N–H and O–H groups in total. The maximum Gasteiger partial charge on any atom is 0.228 e. The number of piperazine rings is 1. The lowest BCUT2D eigenvalue weighted by molar-refractivity contribution is -0.134. The number of nitrogens with one attached hydrogen (secondary N) is 1. The number of para-hydroxylation sites is 2. The molecule has 1 saturated carbocycles. The monoisotopic (exact) mass is 381 g/mol. The number of amides is 2. The highest BCUT2D eigenvalue weighted by molar-refractivity contribution is 6.00. The van der Waals surface area contributed by atoms with Gasteiger partial charge in [-0.15, -0.1) is 0 Å². The van der Waals surface area contributed by atoms with Gasteiger partial charge in [0.05, 0.1) is 17.5 Å². The average Bonchev–Trinajstić information content (AvgIpc) is 3.51. The number of rotatable bonds is 4. The van der Waals surface area contributed by atoms with Crippen molar-refractivity contribution in [2.45, 2.75) is 13.3 Å². The topological polar surface area (TPSA) is 52.7 Å². The van der Waals surface area contributed by atoms with E-state index in [0.717, 1.165) is 11.3 Å². The van der Waals surface area contributed by atoms with Gasteiger partial charge in [0.1, 0.15) is 5.82 Å². The van der Waals surface area contributed by atoms with E-state index in [1.807, 2.05) is 47.1 Å². The maximum atomic E-state index is 13.9. The third-order valence-electron chi connectivity index (χ3n) is 5.63. The molecule has 146 valence electrons. The van der Waals surface area contributed by atoms with E-state index in [9.17, 15) is 14.0 Å². The van der Waals surface area contributed by atoms with Gasteiger partial charge in [-0.1, -0.05) is 30.3 Å². The second kappa shape index (κ2) is 7.62. The van der Waals surface area contributed by atoms with Gasteiger partial charge in [-0.05, 0) is 37.1 Å². The Morgan fingerprint density at radius 2 is 1.64 bits per heavy atom. The molecule has 6 heteroatoms. The van der Waals surface area contributed by atoms with Crippen LogP contribution in [0.2, 0.25) is 0 Å². The highest BCUT2D eigenvalue weighted by atomic mass is 19.1. The highest BCUT2D eigenvalue weighted by Crippen LogP contribution is 2.41. The molecule has 0 aromatic heterocycles. The predicted octanol–water partition coefficient (Wildman–Crippen LogP) is 3.06. The minimum Gasteiger partial charge on any atom is -0.366 e. The van der Waals surface area contributed by atoms with Crippen LogP contribution in [0, 0.1) is 24.6 Å². The molecule has 0 spiro atoms. The van der Waals surface area contributed by atoms with Gasteiger partial charge in [0.2, 0.25) is 11.8 Å². The van der Waals surface area contributed by atoms with Crippen LogP contribution in [0.25, 0.3) is 0 Å². The van der Waals surface area contributed by atoms with Gasteiger partial charge in [-0.25, -0.2) is 4.39 Å². The molecule has 2 unspecified atom stereocenters. The summed E-state index contributed by atoms with van der Waals surface area (Å²) >= 11 is 0. The number of carbonyl (C=O) groups is 2. The Balaban J connectivity index is 1.30. The number of hydrogen-bond acceptors (Lipinski definition) is 3. The Hall–Kier alpha value is -2.89. The van der Waals surface area contributed by atoms with Crippen LogP contribution in [0.1, 0.15) is 12.0 Å². The molecule has 2 amide bonds. The molecule has 2 aromatic rings. The first-order chi connectivity index (χ1) is 13.5. The second-order valence-electron chi connectivity index (χ2n) is 7.52. The molecule has 0 bridgehead atoms. The zero-order valence-corrected chi connectivity index (χ0v) is 15.9. The van der Waals surface area contributed by atoms with Crippen molar-refractivity contribution in [3.05, 3.63) is 59.9 Å². The third-order valence-corrected chi connectivity index (χ3v) is 5.63. The first-order valence-electron chi connectivity index (χ1n) is 9.69. The lowest BCUT2D eigenvalue weighted by atomic mass is 10.2. The smallest absolute Gasteiger partial charge is 0.228 e. The summed E-state index contributed by atoms with van der Waals surface area (Å²) in [5.74, 6) is -0.770. The van der Waals surface area contributed by atoms with E-state index in [0.29, 0.717) is 38.3 Å². The van der Waals surface area contributed by atoms with Gasteiger partial charge < -0.3 is 15.1 Å². The van der Waals surface area contributed by atoms with Crippen LogP contribution >= 0.6 is 0 Å². The summed E-state index contributed by atoms with van der Waals surface area (Å²) in [6.45, 7) is 4.24. The Kier molecular flexibility index (Phi) is 5.03. The Bertz CT molecular complexity index is 893. The predicted molar refractivity (Wildman–Crippen MR) is 107 cm³/mol. The zero-order valence-electron chi connectivity index (χ0n) is 15.9. The van der Waals surface area contributed by atoms with Gasteiger partial charge in [-0.2, -0.15) is 0 Å². The quantitative estimate of drug-likeness (QED) is 0.886. The minimum atomic E-state index is -0.253. The molecular formula is C22H24FN3O2. The molecule has 2 atom stereocenters. The fourth-order valence-corrected chi connectivity index (χ4v) is 3.81. The molecule has 1 heterocycles. The van der Waals surface area contributed by atoms with Crippen LogP contribution in [-0.4, -0.2) is 42.9 Å². The zero-order chi connectivity index (χ0) is 19.7. The van der Waals surface area contributed by atoms with Crippen LogP contribution in [-0.2, 0) is 9.59 Å². The number of carbonyl (C=O) groups excluding carboxylic acids is 2. The number of anilines is 2. The number of hydrogen-bond donors (Lipinski definition) is 1. The number of nitrogens with zero attached hydrogens (tertiary/aromatic N) is 2. The van der Waals surface area contributed by atoms with E-state index in [4.69, 9.17) is 0 Å². The largest absolute Gasteiger partial charge is 0.366 e. The van der Waals surface area contributed by atoms with Gasteiger partial charge >= 0.3 is 0 Å². The summed E-state index contributed by atoms with van der Waals surface area (Å²) in [4.78, 5) is 29.0. The maximum absolute atomic E-state index is 13.9. The van der Waals surface area contributed by atoms with Crippen molar-refractivity contribution in [2.75, 3.05) is 36.4 Å². The van der Waals surface area contributed by atoms with Crippen LogP contribution in [0.5, 0.6) is 0 Å². The lowest BCUT2D eigenvalue weighted by Gasteiger charge is -2.36. The van der Waals surface area contributed by atoms with Crippen molar-refractivity contribution in [1.82, 2.24) is 4.90 Å². The first-order valence-corrected chi connectivity index (χ1v) is 9.69. The van der Waals surface area contributed by atoms with Crippen LogP contribution in [0.4, 0.5) is 15.8 Å². The first kappa shape index (κ1) is 18.5. The summed E-state index contributed by atoms with van der Waals surface area (Å²) in [5.41, 5.74) is 2.38. The van der Waals surface area contributed by atoms with Crippen molar-refractivity contribution in [1.29, 1.82) is 0 Å². The molecular weight excluding hydrogens is 357 g/mol. The van der Waals surface area contributed by atoms with Crippen LogP contribution in [0.3, 0.4) is 0 Å². The molecule has 5 nitrogen and oxygen atoms in total. The highest BCUT2D eigenvalue weighted by Gasteiger charge is 2.49. The summed E-state index contributed by atoms with van der Waals surface area (Å²) < 4.78 is 13.9. The molecule has 1 aliphatic heterocycles.